The van der Waals surface area contributed by atoms with Crippen molar-refractivity contribution in [2.24, 2.45) is 0 Å². The first-order valence-corrected chi connectivity index (χ1v) is 6.62. The molecule has 1 aromatic carbocycles. The molecule has 21 heavy (non-hydrogen) atoms. The summed E-state index contributed by atoms with van der Waals surface area (Å²) in [6.45, 7) is 5.70. The molecule has 0 aliphatic rings. The highest BCUT2D eigenvalue weighted by atomic mass is 35.5. The van der Waals surface area contributed by atoms with Gasteiger partial charge in [0.25, 0.3) is 5.69 Å². The molecule has 0 N–H and O–H groups in total. The first kappa shape index (κ1) is 15.2. The number of nitro benzene ring substituents is 1. The third-order valence-corrected chi connectivity index (χ3v) is 3.31. The lowest BCUT2D eigenvalue weighted by atomic mass is 10.1. The number of hydrogen-bond donors (Lipinski definition) is 0. The third kappa shape index (κ3) is 2.80. The molecule has 0 unspecified atom stereocenters. The molecule has 0 aliphatic carbocycles. The summed E-state index contributed by atoms with van der Waals surface area (Å²) in [6, 6.07) is 5.96. The number of nitro groups is 1. The minimum Gasteiger partial charge on any atom is -0.298 e. The molecule has 0 amide bonds. The lowest BCUT2D eigenvalue weighted by molar-refractivity contribution is -0.384. The summed E-state index contributed by atoms with van der Waals surface area (Å²) >= 11 is 6.20. The Morgan fingerprint density at radius 2 is 2.05 bits per heavy atom. The van der Waals surface area contributed by atoms with Gasteiger partial charge in [-0.15, -0.1) is 0 Å². The number of benzene rings is 1. The average molecular weight is 308 g/mol. The van der Waals surface area contributed by atoms with E-state index in [0.717, 1.165) is 0 Å². The van der Waals surface area contributed by atoms with Gasteiger partial charge in [0, 0.05) is 17.7 Å². The van der Waals surface area contributed by atoms with E-state index in [9.17, 15) is 14.9 Å². The van der Waals surface area contributed by atoms with Crippen molar-refractivity contribution in [2.45, 2.75) is 26.3 Å². The lowest BCUT2D eigenvalue weighted by Gasteiger charge is -2.20. The molecule has 0 aliphatic heterocycles. The molecule has 0 saturated heterocycles. The SMILES string of the molecule is CC(C)(C)n1nc(-c2cccc([N+](=O)[O-])c2)c(C=O)c1Cl. The second-order valence-corrected chi connectivity index (χ2v) is 5.92. The summed E-state index contributed by atoms with van der Waals surface area (Å²) in [5, 5.41) is 15.4. The summed E-state index contributed by atoms with van der Waals surface area (Å²) < 4.78 is 1.53. The van der Waals surface area contributed by atoms with Gasteiger partial charge in [-0.1, -0.05) is 23.7 Å². The zero-order valence-electron chi connectivity index (χ0n) is 11.8. The Kier molecular flexibility index (Phi) is 3.82. The smallest absolute Gasteiger partial charge is 0.270 e. The Balaban J connectivity index is 2.67. The summed E-state index contributed by atoms with van der Waals surface area (Å²) in [5.41, 5.74) is 0.580. The minimum absolute atomic E-state index is 0.0641. The summed E-state index contributed by atoms with van der Waals surface area (Å²) in [7, 11) is 0. The first-order valence-electron chi connectivity index (χ1n) is 6.24. The fourth-order valence-corrected chi connectivity index (χ4v) is 2.36. The molecule has 0 radical (unpaired) electrons. The maximum absolute atomic E-state index is 11.3. The number of aldehydes is 1. The fraction of sp³-hybridized carbons (Fsp3) is 0.286. The van der Waals surface area contributed by atoms with Crippen LogP contribution in [0.25, 0.3) is 11.3 Å². The van der Waals surface area contributed by atoms with Crippen LogP contribution in [0.5, 0.6) is 0 Å². The van der Waals surface area contributed by atoms with Crippen molar-refractivity contribution in [1.82, 2.24) is 9.78 Å². The van der Waals surface area contributed by atoms with E-state index in [1.54, 1.807) is 12.1 Å². The number of non-ortho nitro benzene ring substituents is 1. The van der Waals surface area contributed by atoms with Gasteiger partial charge in [-0.05, 0) is 20.8 Å². The van der Waals surface area contributed by atoms with Gasteiger partial charge in [-0.2, -0.15) is 5.10 Å². The van der Waals surface area contributed by atoms with Gasteiger partial charge in [0.1, 0.15) is 10.8 Å². The Morgan fingerprint density at radius 3 is 2.57 bits per heavy atom. The van der Waals surface area contributed by atoms with Crippen LogP contribution in [0.15, 0.2) is 24.3 Å². The normalized spacial score (nSPS) is 11.4. The van der Waals surface area contributed by atoms with Crippen LogP contribution in [-0.2, 0) is 5.54 Å². The van der Waals surface area contributed by atoms with E-state index >= 15 is 0 Å². The molecule has 1 aromatic heterocycles. The number of carbonyl (C=O) groups excluding carboxylic acids is 1. The van der Waals surface area contributed by atoms with Gasteiger partial charge < -0.3 is 0 Å². The van der Waals surface area contributed by atoms with Crippen molar-refractivity contribution in [3.8, 4) is 11.3 Å². The number of carbonyl (C=O) groups is 1. The number of aromatic nitrogens is 2. The van der Waals surface area contributed by atoms with Crippen LogP contribution >= 0.6 is 11.6 Å². The minimum atomic E-state index is -0.494. The summed E-state index contributed by atoms with van der Waals surface area (Å²) in [4.78, 5) is 21.7. The molecule has 110 valence electrons. The van der Waals surface area contributed by atoms with E-state index in [2.05, 4.69) is 5.10 Å². The molecule has 6 nitrogen and oxygen atoms in total. The monoisotopic (exact) mass is 307 g/mol. The molecule has 2 aromatic rings. The highest BCUT2D eigenvalue weighted by molar-refractivity contribution is 6.32. The lowest BCUT2D eigenvalue weighted by Crippen LogP contribution is -2.23. The van der Waals surface area contributed by atoms with Crippen LogP contribution in [0.3, 0.4) is 0 Å². The predicted octanol–water partition coefficient (Wildman–Crippen LogP) is 3.68. The molecule has 0 bridgehead atoms. The summed E-state index contributed by atoms with van der Waals surface area (Å²) in [6.07, 6.45) is 0.617. The molecule has 0 spiro atoms. The highest BCUT2D eigenvalue weighted by Gasteiger charge is 2.25. The molecule has 0 atom stereocenters. The number of nitrogens with zero attached hydrogens (tertiary/aromatic N) is 3. The van der Waals surface area contributed by atoms with Gasteiger partial charge in [-0.3, -0.25) is 14.9 Å². The largest absolute Gasteiger partial charge is 0.298 e. The van der Waals surface area contributed by atoms with Gasteiger partial charge in [-0.25, -0.2) is 4.68 Å². The Morgan fingerprint density at radius 1 is 1.38 bits per heavy atom. The van der Waals surface area contributed by atoms with E-state index in [4.69, 9.17) is 11.6 Å². The van der Waals surface area contributed by atoms with Crippen LogP contribution < -0.4 is 0 Å². The molecule has 2 rings (SSSR count). The molecular formula is C14H14ClN3O3. The topological polar surface area (TPSA) is 78.0 Å². The third-order valence-electron chi connectivity index (χ3n) is 2.95. The van der Waals surface area contributed by atoms with E-state index < -0.39 is 10.5 Å². The van der Waals surface area contributed by atoms with Gasteiger partial charge in [0.2, 0.25) is 0 Å². The standard InChI is InChI=1S/C14H14ClN3O3/c1-14(2,3)17-13(15)11(8-19)12(16-17)9-5-4-6-10(7-9)18(20)21/h4-8H,1-3H3. The van der Waals surface area contributed by atoms with E-state index in [0.29, 0.717) is 17.5 Å². The van der Waals surface area contributed by atoms with Crippen molar-refractivity contribution >= 4 is 23.6 Å². The second kappa shape index (κ2) is 5.29. The van der Waals surface area contributed by atoms with E-state index in [1.807, 2.05) is 20.8 Å². The number of hydrogen-bond acceptors (Lipinski definition) is 4. The number of rotatable bonds is 3. The van der Waals surface area contributed by atoms with Crippen molar-refractivity contribution in [2.75, 3.05) is 0 Å². The van der Waals surface area contributed by atoms with Gasteiger partial charge in [0.05, 0.1) is 16.0 Å². The van der Waals surface area contributed by atoms with Crippen LogP contribution in [0.1, 0.15) is 31.1 Å². The van der Waals surface area contributed by atoms with Crippen molar-refractivity contribution in [1.29, 1.82) is 0 Å². The Labute approximate surface area is 126 Å². The predicted molar refractivity (Wildman–Crippen MR) is 79.7 cm³/mol. The molecule has 0 fully saturated rings. The van der Waals surface area contributed by atoms with Crippen molar-refractivity contribution in [3.63, 3.8) is 0 Å². The van der Waals surface area contributed by atoms with Gasteiger partial charge in [0.15, 0.2) is 6.29 Å². The molecule has 0 saturated carbocycles. The highest BCUT2D eigenvalue weighted by Crippen LogP contribution is 2.32. The van der Waals surface area contributed by atoms with Crippen LogP contribution in [0.4, 0.5) is 5.69 Å². The van der Waals surface area contributed by atoms with Crippen LogP contribution in [0.2, 0.25) is 5.15 Å². The zero-order valence-corrected chi connectivity index (χ0v) is 12.6. The maximum Gasteiger partial charge on any atom is 0.270 e. The van der Waals surface area contributed by atoms with Crippen LogP contribution in [-0.4, -0.2) is 21.0 Å². The summed E-state index contributed by atoms with van der Waals surface area (Å²) in [5.74, 6) is 0. The Bertz CT molecular complexity index is 717. The number of halogens is 1. The van der Waals surface area contributed by atoms with E-state index in [1.165, 1.54) is 16.8 Å². The van der Waals surface area contributed by atoms with Gasteiger partial charge >= 0.3 is 0 Å². The zero-order chi connectivity index (χ0) is 15.8. The molecule has 1 heterocycles. The van der Waals surface area contributed by atoms with Crippen molar-refractivity contribution < 1.29 is 9.72 Å². The Hall–Kier alpha value is -2.21. The van der Waals surface area contributed by atoms with E-state index in [-0.39, 0.29) is 16.4 Å². The first-order chi connectivity index (χ1) is 9.75. The average Bonchev–Trinajstić information content (AvgIpc) is 2.75. The molecule has 7 heteroatoms. The van der Waals surface area contributed by atoms with Crippen LogP contribution in [0, 0.1) is 10.1 Å². The second-order valence-electron chi connectivity index (χ2n) is 5.56. The fourth-order valence-electron chi connectivity index (χ4n) is 1.94. The quantitative estimate of drug-likeness (QED) is 0.492. The molecular weight excluding hydrogens is 294 g/mol. The maximum atomic E-state index is 11.3. The van der Waals surface area contributed by atoms with Crippen molar-refractivity contribution in [3.05, 3.63) is 45.1 Å².